The van der Waals surface area contributed by atoms with E-state index in [2.05, 4.69) is 5.32 Å². The Morgan fingerprint density at radius 3 is 2.74 bits per heavy atom. The van der Waals surface area contributed by atoms with Gasteiger partial charge in [0.25, 0.3) is 5.91 Å². The third-order valence-electron chi connectivity index (χ3n) is 4.81. The molecule has 0 heterocycles. The quantitative estimate of drug-likeness (QED) is 0.732. The summed E-state index contributed by atoms with van der Waals surface area (Å²) in [5.41, 5.74) is 1.31. The number of nitrogens with one attached hydrogen (secondary N) is 1. The second kappa shape index (κ2) is 6.83. The van der Waals surface area contributed by atoms with Crippen LogP contribution >= 0.6 is 0 Å². The van der Waals surface area contributed by atoms with Crippen LogP contribution in [0.2, 0.25) is 0 Å². The molecule has 0 spiro atoms. The number of halogens is 1. The average molecular weight is 363 g/mol. The molecule has 0 bridgehead atoms. The van der Waals surface area contributed by atoms with Crippen LogP contribution in [0, 0.1) is 5.82 Å². The second-order valence-corrected chi connectivity index (χ2v) is 6.76. The Labute approximate surface area is 156 Å². The first-order valence-corrected chi connectivity index (χ1v) is 8.80. The SMILES string of the molecule is C[C@H]1CC(=O)c2c(OCC(=O)Nc3ccc4ccccc4c3)ccc(F)c21. The summed E-state index contributed by atoms with van der Waals surface area (Å²) in [5, 5.41) is 4.89. The number of carbonyl (C=O) groups excluding carboxylic acids is 2. The zero-order chi connectivity index (χ0) is 19.0. The van der Waals surface area contributed by atoms with E-state index in [0.717, 1.165) is 10.8 Å². The zero-order valence-corrected chi connectivity index (χ0v) is 14.8. The molecule has 1 N–H and O–H groups in total. The van der Waals surface area contributed by atoms with Crippen molar-refractivity contribution in [3.8, 4) is 5.75 Å². The van der Waals surface area contributed by atoms with E-state index in [-0.39, 0.29) is 41.9 Å². The number of hydrogen-bond donors (Lipinski definition) is 1. The van der Waals surface area contributed by atoms with Gasteiger partial charge in [0.2, 0.25) is 0 Å². The van der Waals surface area contributed by atoms with Gasteiger partial charge < -0.3 is 10.1 Å². The van der Waals surface area contributed by atoms with Crippen LogP contribution in [0.1, 0.15) is 35.2 Å². The Kier molecular flexibility index (Phi) is 4.36. The van der Waals surface area contributed by atoms with Gasteiger partial charge >= 0.3 is 0 Å². The van der Waals surface area contributed by atoms with Crippen LogP contribution in [-0.4, -0.2) is 18.3 Å². The number of ketones is 1. The van der Waals surface area contributed by atoms with E-state index in [4.69, 9.17) is 4.74 Å². The van der Waals surface area contributed by atoms with Gasteiger partial charge in [0.1, 0.15) is 11.6 Å². The number of anilines is 1. The van der Waals surface area contributed by atoms with Crippen LogP contribution in [0.15, 0.2) is 54.6 Å². The number of rotatable bonds is 4. The summed E-state index contributed by atoms with van der Waals surface area (Å²) < 4.78 is 19.6. The first kappa shape index (κ1) is 17.2. The molecular formula is C22H18FNO3. The summed E-state index contributed by atoms with van der Waals surface area (Å²) in [7, 11) is 0. The van der Waals surface area contributed by atoms with Crippen molar-refractivity contribution in [1.82, 2.24) is 0 Å². The molecule has 1 amide bonds. The van der Waals surface area contributed by atoms with E-state index in [0.29, 0.717) is 11.3 Å². The van der Waals surface area contributed by atoms with Crippen molar-refractivity contribution in [1.29, 1.82) is 0 Å². The molecule has 3 aromatic rings. The third-order valence-corrected chi connectivity index (χ3v) is 4.81. The van der Waals surface area contributed by atoms with Crippen LogP contribution in [0.3, 0.4) is 0 Å². The number of hydrogen-bond acceptors (Lipinski definition) is 3. The molecule has 0 saturated carbocycles. The van der Waals surface area contributed by atoms with Crippen molar-refractivity contribution in [2.75, 3.05) is 11.9 Å². The summed E-state index contributed by atoms with van der Waals surface area (Å²) in [5.74, 6) is -0.822. The highest BCUT2D eigenvalue weighted by Gasteiger charge is 2.32. The van der Waals surface area contributed by atoms with Crippen LogP contribution in [0.4, 0.5) is 10.1 Å². The highest BCUT2D eigenvalue weighted by atomic mass is 19.1. The molecule has 0 fully saturated rings. The standard InChI is InChI=1S/C22H18FNO3/c1-13-10-18(25)22-19(9-8-17(23)21(13)22)27-12-20(26)24-16-7-6-14-4-2-3-5-15(14)11-16/h2-9,11,13H,10,12H2,1H3,(H,24,26)/t13-/m0/s1. The van der Waals surface area contributed by atoms with Gasteiger partial charge in [0, 0.05) is 17.7 Å². The predicted octanol–water partition coefficient (Wildman–Crippen LogP) is 4.69. The van der Waals surface area contributed by atoms with Gasteiger partial charge in [-0.15, -0.1) is 0 Å². The second-order valence-electron chi connectivity index (χ2n) is 6.76. The number of amides is 1. The zero-order valence-electron chi connectivity index (χ0n) is 14.8. The van der Waals surface area contributed by atoms with Gasteiger partial charge in [0.15, 0.2) is 12.4 Å². The maximum absolute atomic E-state index is 14.0. The van der Waals surface area contributed by atoms with E-state index in [1.54, 1.807) is 0 Å². The third kappa shape index (κ3) is 3.28. The van der Waals surface area contributed by atoms with Gasteiger partial charge in [-0.05, 0) is 41.0 Å². The molecule has 0 radical (unpaired) electrons. The molecule has 0 aromatic heterocycles. The predicted molar refractivity (Wildman–Crippen MR) is 102 cm³/mol. The minimum Gasteiger partial charge on any atom is -0.483 e. The van der Waals surface area contributed by atoms with E-state index in [1.165, 1.54) is 12.1 Å². The van der Waals surface area contributed by atoms with Crippen LogP contribution in [0.5, 0.6) is 5.75 Å². The van der Waals surface area contributed by atoms with Gasteiger partial charge in [0.05, 0.1) is 5.56 Å². The summed E-state index contributed by atoms with van der Waals surface area (Å²) in [6.07, 6.45) is 0.260. The Balaban J connectivity index is 1.47. The minimum absolute atomic E-state index is 0.151. The van der Waals surface area contributed by atoms with Crippen molar-refractivity contribution >= 4 is 28.2 Å². The monoisotopic (exact) mass is 363 g/mol. The highest BCUT2D eigenvalue weighted by molar-refractivity contribution is 6.04. The van der Waals surface area contributed by atoms with Crippen molar-refractivity contribution in [3.63, 3.8) is 0 Å². The van der Waals surface area contributed by atoms with Crippen LogP contribution in [-0.2, 0) is 4.79 Å². The van der Waals surface area contributed by atoms with E-state index in [9.17, 15) is 14.0 Å². The van der Waals surface area contributed by atoms with Crippen LogP contribution in [0.25, 0.3) is 10.8 Å². The lowest BCUT2D eigenvalue weighted by atomic mass is 10.0. The summed E-state index contributed by atoms with van der Waals surface area (Å²) in [6.45, 7) is 1.55. The molecule has 4 nitrogen and oxygen atoms in total. The summed E-state index contributed by atoms with van der Waals surface area (Å²) in [6, 6.07) is 16.2. The van der Waals surface area contributed by atoms with Crippen molar-refractivity contribution in [3.05, 3.63) is 71.5 Å². The van der Waals surface area contributed by atoms with Gasteiger partial charge in [-0.3, -0.25) is 9.59 Å². The molecule has 1 atom stereocenters. The van der Waals surface area contributed by atoms with E-state index < -0.39 is 5.82 Å². The number of fused-ring (bicyclic) bond motifs is 2. The first-order chi connectivity index (χ1) is 13.0. The molecule has 27 heavy (non-hydrogen) atoms. The lowest BCUT2D eigenvalue weighted by Crippen LogP contribution is -2.20. The highest BCUT2D eigenvalue weighted by Crippen LogP contribution is 2.39. The fourth-order valence-electron chi connectivity index (χ4n) is 3.55. The van der Waals surface area contributed by atoms with Gasteiger partial charge in [-0.2, -0.15) is 0 Å². The molecule has 1 aliphatic carbocycles. The summed E-state index contributed by atoms with van der Waals surface area (Å²) in [4.78, 5) is 24.4. The number of benzene rings is 3. The molecule has 136 valence electrons. The molecule has 5 heteroatoms. The van der Waals surface area contributed by atoms with E-state index in [1.807, 2.05) is 49.4 Å². The maximum Gasteiger partial charge on any atom is 0.262 e. The van der Waals surface area contributed by atoms with Crippen molar-refractivity contribution in [2.24, 2.45) is 0 Å². The molecule has 0 unspecified atom stereocenters. The average Bonchev–Trinajstić information content (AvgIpc) is 2.96. The largest absolute Gasteiger partial charge is 0.483 e. The van der Waals surface area contributed by atoms with Gasteiger partial charge in [-0.25, -0.2) is 4.39 Å². The Hall–Kier alpha value is -3.21. The first-order valence-electron chi connectivity index (χ1n) is 8.80. The fourth-order valence-corrected chi connectivity index (χ4v) is 3.55. The van der Waals surface area contributed by atoms with Crippen molar-refractivity contribution in [2.45, 2.75) is 19.3 Å². The molecular weight excluding hydrogens is 345 g/mol. The fraction of sp³-hybridized carbons (Fsp3) is 0.182. The number of carbonyl (C=O) groups is 2. The maximum atomic E-state index is 14.0. The Morgan fingerprint density at radius 1 is 1.15 bits per heavy atom. The lowest BCUT2D eigenvalue weighted by Gasteiger charge is -2.12. The number of ether oxygens (including phenoxy) is 1. The smallest absolute Gasteiger partial charge is 0.262 e. The molecule has 0 saturated heterocycles. The molecule has 4 rings (SSSR count). The summed E-state index contributed by atoms with van der Waals surface area (Å²) >= 11 is 0. The minimum atomic E-state index is -0.406. The Morgan fingerprint density at radius 2 is 1.93 bits per heavy atom. The number of Topliss-reactive ketones (excluding diaryl/α,β-unsaturated/α-hetero) is 1. The van der Waals surface area contributed by atoms with Gasteiger partial charge in [-0.1, -0.05) is 37.3 Å². The van der Waals surface area contributed by atoms with Crippen molar-refractivity contribution < 1.29 is 18.7 Å². The lowest BCUT2D eigenvalue weighted by molar-refractivity contribution is -0.118. The molecule has 3 aromatic carbocycles. The Bertz CT molecular complexity index is 1060. The van der Waals surface area contributed by atoms with Crippen LogP contribution < -0.4 is 10.1 Å². The topological polar surface area (TPSA) is 55.4 Å². The molecule has 0 aliphatic heterocycles. The normalized spacial score (nSPS) is 15.6. The molecule has 1 aliphatic rings. The van der Waals surface area contributed by atoms with E-state index >= 15 is 0 Å².